The first-order valence-electron chi connectivity index (χ1n) is 6.00. The molecule has 2 atom stereocenters. The molecule has 0 fully saturated rings. The molecule has 0 saturated heterocycles. The maximum Gasteiger partial charge on any atom is 0.221 e. The number of hydrogen-bond acceptors (Lipinski definition) is 3. The highest BCUT2D eigenvalue weighted by molar-refractivity contribution is 5.76. The Hall–Kier alpha value is -0.610. The summed E-state index contributed by atoms with van der Waals surface area (Å²) >= 11 is 0. The fourth-order valence-electron chi connectivity index (χ4n) is 1.19. The number of nitrogens with one attached hydrogen (secondary N) is 2. The molecular weight excluding hydrogens is 204 g/mol. The average molecular weight is 230 g/mol. The quantitative estimate of drug-likeness (QED) is 0.658. The van der Waals surface area contributed by atoms with Crippen LogP contribution in [0.1, 0.15) is 34.1 Å². The summed E-state index contributed by atoms with van der Waals surface area (Å²) in [5, 5.41) is 6.15. The Morgan fingerprint density at radius 3 is 2.38 bits per heavy atom. The molecule has 0 heterocycles. The van der Waals surface area contributed by atoms with Gasteiger partial charge in [0.1, 0.15) is 0 Å². The van der Waals surface area contributed by atoms with Crippen LogP contribution in [0.4, 0.5) is 0 Å². The highest BCUT2D eigenvalue weighted by atomic mass is 16.5. The molecule has 0 rings (SSSR count). The van der Waals surface area contributed by atoms with Gasteiger partial charge in [-0.3, -0.25) is 4.79 Å². The van der Waals surface area contributed by atoms with E-state index in [9.17, 15) is 4.79 Å². The Morgan fingerprint density at radius 1 is 1.25 bits per heavy atom. The van der Waals surface area contributed by atoms with E-state index in [4.69, 9.17) is 4.74 Å². The summed E-state index contributed by atoms with van der Waals surface area (Å²) in [6.45, 7) is 9.68. The van der Waals surface area contributed by atoms with Crippen molar-refractivity contribution in [3.8, 4) is 0 Å². The van der Waals surface area contributed by atoms with E-state index in [1.807, 2.05) is 6.92 Å². The van der Waals surface area contributed by atoms with Crippen molar-refractivity contribution in [3.63, 3.8) is 0 Å². The van der Waals surface area contributed by atoms with Gasteiger partial charge in [-0.05, 0) is 19.8 Å². The van der Waals surface area contributed by atoms with E-state index in [0.717, 1.165) is 6.54 Å². The van der Waals surface area contributed by atoms with Crippen LogP contribution in [0.3, 0.4) is 0 Å². The van der Waals surface area contributed by atoms with Crippen LogP contribution in [0, 0.1) is 5.92 Å². The van der Waals surface area contributed by atoms with Gasteiger partial charge in [-0.2, -0.15) is 0 Å². The van der Waals surface area contributed by atoms with Crippen LogP contribution in [-0.4, -0.2) is 38.3 Å². The molecule has 0 aliphatic heterocycles. The topological polar surface area (TPSA) is 50.4 Å². The number of carbonyl (C=O) groups excluding carboxylic acids is 1. The Kier molecular flexibility index (Phi) is 8.21. The van der Waals surface area contributed by atoms with Gasteiger partial charge in [0.05, 0.1) is 6.10 Å². The largest absolute Gasteiger partial charge is 0.380 e. The monoisotopic (exact) mass is 230 g/mol. The molecule has 96 valence electrons. The first-order chi connectivity index (χ1) is 7.47. The van der Waals surface area contributed by atoms with Gasteiger partial charge in [0.15, 0.2) is 0 Å². The van der Waals surface area contributed by atoms with E-state index in [-0.39, 0.29) is 18.1 Å². The zero-order chi connectivity index (χ0) is 12.6. The summed E-state index contributed by atoms with van der Waals surface area (Å²) in [4.78, 5) is 11.4. The number of ether oxygens (including phenoxy) is 1. The maximum atomic E-state index is 11.4. The van der Waals surface area contributed by atoms with Crippen LogP contribution >= 0.6 is 0 Å². The van der Waals surface area contributed by atoms with Crippen molar-refractivity contribution in [1.82, 2.24) is 10.6 Å². The zero-order valence-corrected chi connectivity index (χ0v) is 11.2. The van der Waals surface area contributed by atoms with E-state index in [0.29, 0.717) is 18.9 Å². The van der Waals surface area contributed by atoms with Crippen LogP contribution in [-0.2, 0) is 9.53 Å². The highest BCUT2D eigenvalue weighted by Crippen LogP contribution is 1.95. The number of rotatable bonds is 8. The normalized spacial score (nSPS) is 14.9. The lowest BCUT2D eigenvalue weighted by Crippen LogP contribution is -2.39. The van der Waals surface area contributed by atoms with Crippen molar-refractivity contribution < 1.29 is 9.53 Å². The van der Waals surface area contributed by atoms with E-state index in [1.165, 1.54) is 0 Å². The third kappa shape index (κ3) is 7.65. The number of methoxy groups -OCH3 is 1. The molecule has 2 unspecified atom stereocenters. The van der Waals surface area contributed by atoms with Crippen LogP contribution in [0.5, 0.6) is 0 Å². The van der Waals surface area contributed by atoms with Crippen molar-refractivity contribution in [1.29, 1.82) is 0 Å². The third-order valence-electron chi connectivity index (χ3n) is 2.60. The van der Waals surface area contributed by atoms with E-state index < -0.39 is 0 Å². The Balaban J connectivity index is 3.54. The van der Waals surface area contributed by atoms with Crippen LogP contribution in [0.25, 0.3) is 0 Å². The van der Waals surface area contributed by atoms with Gasteiger partial charge in [-0.25, -0.2) is 0 Å². The average Bonchev–Trinajstić information content (AvgIpc) is 2.24. The molecule has 1 amide bonds. The number of carbonyl (C=O) groups is 1. The fraction of sp³-hybridized carbons (Fsp3) is 0.917. The van der Waals surface area contributed by atoms with E-state index >= 15 is 0 Å². The van der Waals surface area contributed by atoms with Crippen molar-refractivity contribution in [2.75, 3.05) is 20.2 Å². The zero-order valence-electron chi connectivity index (χ0n) is 11.2. The molecule has 0 spiro atoms. The molecule has 0 bridgehead atoms. The van der Waals surface area contributed by atoms with Crippen molar-refractivity contribution in [2.45, 2.75) is 46.3 Å². The summed E-state index contributed by atoms with van der Waals surface area (Å²) in [6, 6.07) is 0.267. The van der Waals surface area contributed by atoms with Gasteiger partial charge in [0.2, 0.25) is 5.91 Å². The van der Waals surface area contributed by atoms with E-state index in [1.54, 1.807) is 7.11 Å². The lowest BCUT2D eigenvalue weighted by atomic mass is 10.2. The third-order valence-corrected chi connectivity index (χ3v) is 2.60. The van der Waals surface area contributed by atoms with Crippen LogP contribution in [0.15, 0.2) is 0 Å². The smallest absolute Gasteiger partial charge is 0.221 e. The van der Waals surface area contributed by atoms with Crippen molar-refractivity contribution >= 4 is 5.91 Å². The van der Waals surface area contributed by atoms with Gasteiger partial charge in [-0.15, -0.1) is 0 Å². The molecule has 0 aliphatic carbocycles. The number of amides is 1. The van der Waals surface area contributed by atoms with Gasteiger partial charge in [0.25, 0.3) is 0 Å². The van der Waals surface area contributed by atoms with Crippen LogP contribution in [0.2, 0.25) is 0 Å². The molecular formula is C12H26N2O2. The SMILES string of the molecule is COC(C)C(C)NCCC(=O)NCC(C)C. The minimum atomic E-state index is 0.110. The molecule has 0 aliphatic rings. The summed E-state index contributed by atoms with van der Waals surface area (Å²) in [5.41, 5.74) is 0. The first-order valence-corrected chi connectivity index (χ1v) is 6.00. The van der Waals surface area contributed by atoms with Crippen molar-refractivity contribution in [2.24, 2.45) is 5.92 Å². The Bertz CT molecular complexity index is 195. The molecule has 2 N–H and O–H groups in total. The van der Waals surface area contributed by atoms with Crippen LogP contribution < -0.4 is 10.6 Å². The Morgan fingerprint density at radius 2 is 1.88 bits per heavy atom. The molecule has 0 radical (unpaired) electrons. The fourth-order valence-corrected chi connectivity index (χ4v) is 1.19. The minimum absolute atomic E-state index is 0.110. The second-order valence-electron chi connectivity index (χ2n) is 4.63. The molecule has 0 saturated carbocycles. The van der Waals surface area contributed by atoms with Gasteiger partial charge in [-0.1, -0.05) is 13.8 Å². The maximum absolute atomic E-state index is 11.4. The summed E-state index contributed by atoms with van der Waals surface area (Å²) < 4.78 is 5.19. The lowest BCUT2D eigenvalue weighted by Gasteiger charge is -2.19. The summed E-state index contributed by atoms with van der Waals surface area (Å²) in [7, 11) is 1.69. The second kappa shape index (κ2) is 8.53. The first kappa shape index (κ1) is 15.4. The minimum Gasteiger partial charge on any atom is -0.380 e. The molecule has 4 heteroatoms. The molecule has 0 aromatic heterocycles. The predicted molar refractivity (Wildman–Crippen MR) is 66.4 cm³/mol. The summed E-state index contributed by atoms with van der Waals surface area (Å²) in [5.74, 6) is 0.614. The second-order valence-corrected chi connectivity index (χ2v) is 4.63. The molecule has 16 heavy (non-hydrogen) atoms. The lowest BCUT2D eigenvalue weighted by molar-refractivity contribution is -0.121. The molecule has 0 aromatic carbocycles. The molecule has 0 aromatic rings. The highest BCUT2D eigenvalue weighted by Gasteiger charge is 2.10. The van der Waals surface area contributed by atoms with E-state index in [2.05, 4.69) is 31.4 Å². The standard InChI is InChI=1S/C12H26N2O2/c1-9(2)8-14-12(15)6-7-13-10(3)11(4)16-5/h9-11,13H,6-8H2,1-5H3,(H,14,15). The summed E-state index contributed by atoms with van der Waals surface area (Å²) in [6.07, 6.45) is 0.687. The van der Waals surface area contributed by atoms with Crippen molar-refractivity contribution in [3.05, 3.63) is 0 Å². The van der Waals surface area contributed by atoms with Gasteiger partial charge in [0, 0.05) is 32.7 Å². The van der Waals surface area contributed by atoms with Gasteiger partial charge >= 0.3 is 0 Å². The van der Waals surface area contributed by atoms with Gasteiger partial charge < -0.3 is 15.4 Å². The Labute approximate surface area is 99.1 Å². The predicted octanol–water partition coefficient (Wildman–Crippen LogP) is 1.16. The molecule has 4 nitrogen and oxygen atoms in total. The number of hydrogen-bond donors (Lipinski definition) is 2.